The van der Waals surface area contributed by atoms with E-state index in [-0.39, 0.29) is 18.8 Å². The average Bonchev–Trinajstić information content (AvgIpc) is 2.51. The fraction of sp³-hybridized carbons (Fsp3) is 0.294. The van der Waals surface area contributed by atoms with Gasteiger partial charge in [0.2, 0.25) is 0 Å². The molecule has 0 aliphatic heterocycles. The summed E-state index contributed by atoms with van der Waals surface area (Å²) < 4.78 is 36.6. The van der Waals surface area contributed by atoms with Crippen molar-refractivity contribution in [2.24, 2.45) is 5.73 Å². The molecule has 0 aromatic heterocycles. The normalized spacial score (nSPS) is 12.3. The van der Waals surface area contributed by atoms with Crippen LogP contribution in [0.5, 0.6) is 0 Å². The van der Waals surface area contributed by atoms with E-state index in [2.05, 4.69) is 5.32 Å². The summed E-state index contributed by atoms with van der Waals surface area (Å²) >= 11 is 0. The molecular formula is C17H20ClF3N2. The average molecular weight is 345 g/mol. The molecule has 0 heterocycles. The number of hydrogen-bond donors (Lipinski definition) is 2. The molecule has 0 bridgehead atoms. The van der Waals surface area contributed by atoms with Gasteiger partial charge in [-0.3, -0.25) is 0 Å². The summed E-state index contributed by atoms with van der Waals surface area (Å²) in [6.07, 6.45) is -5.11. The molecule has 2 rings (SSSR count). The summed E-state index contributed by atoms with van der Waals surface area (Å²) in [6, 6.07) is 16.6. The predicted octanol–water partition coefficient (Wildman–Crippen LogP) is 5.06. The topological polar surface area (TPSA) is 38.0 Å². The fourth-order valence-electron chi connectivity index (χ4n) is 2.13. The minimum atomic E-state index is -4.16. The van der Waals surface area contributed by atoms with Crippen molar-refractivity contribution in [2.75, 3.05) is 5.32 Å². The van der Waals surface area contributed by atoms with Crippen LogP contribution in [0.15, 0.2) is 54.6 Å². The SMILES string of the molecule is Cl.N[C@H](CCC(F)(F)F)c1ccc(NCc2ccccc2)cc1. The molecule has 0 saturated carbocycles. The van der Waals surface area contributed by atoms with Gasteiger partial charge < -0.3 is 11.1 Å². The minimum Gasteiger partial charge on any atom is -0.381 e. The minimum absolute atomic E-state index is 0. The lowest BCUT2D eigenvalue weighted by Gasteiger charge is -2.14. The second kappa shape index (κ2) is 8.79. The smallest absolute Gasteiger partial charge is 0.381 e. The molecule has 0 unspecified atom stereocenters. The first kappa shape index (κ1) is 19.3. The van der Waals surface area contributed by atoms with Gasteiger partial charge in [-0.05, 0) is 29.7 Å². The van der Waals surface area contributed by atoms with E-state index in [0.29, 0.717) is 6.54 Å². The van der Waals surface area contributed by atoms with Gasteiger partial charge in [-0.15, -0.1) is 12.4 Å². The summed E-state index contributed by atoms with van der Waals surface area (Å²) in [7, 11) is 0. The zero-order valence-corrected chi connectivity index (χ0v) is 13.3. The number of halogens is 4. The third kappa shape index (κ3) is 6.93. The molecule has 0 saturated heterocycles. The van der Waals surface area contributed by atoms with Crippen molar-refractivity contribution in [1.29, 1.82) is 0 Å². The van der Waals surface area contributed by atoms with Gasteiger partial charge in [0, 0.05) is 24.7 Å². The van der Waals surface area contributed by atoms with Crippen LogP contribution < -0.4 is 11.1 Å². The number of nitrogens with two attached hydrogens (primary N) is 1. The number of hydrogen-bond acceptors (Lipinski definition) is 2. The molecule has 2 nitrogen and oxygen atoms in total. The Morgan fingerprint density at radius 1 is 0.957 bits per heavy atom. The quantitative estimate of drug-likeness (QED) is 0.768. The Morgan fingerprint density at radius 3 is 2.13 bits per heavy atom. The lowest BCUT2D eigenvalue weighted by atomic mass is 10.0. The summed E-state index contributed by atoms with van der Waals surface area (Å²) in [5.74, 6) is 0. The maximum atomic E-state index is 12.2. The molecule has 0 spiro atoms. The van der Waals surface area contributed by atoms with Crippen LogP contribution in [0, 0.1) is 0 Å². The van der Waals surface area contributed by atoms with Gasteiger partial charge in [-0.25, -0.2) is 0 Å². The summed E-state index contributed by atoms with van der Waals surface area (Å²) in [5.41, 5.74) is 8.59. The number of alkyl halides is 3. The van der Waals surface area contributed by atoms with Gasteiger partial charge in [0.15, 0.2) is 0 Å². The van der Waals surface area contributed by atoms with Crippen LogP contribution in [-0.2, 0) is 6.54 Å². The summed E-state index contributed by atoms with van der Waals surface area (Å²) in [5, 5.41) is 3.26. The van der Waals surface area contributed by atoms with Gasteiger partial charge in [0.25, 0.3) is 0 Å². The highest BCUT2D eigenvalue weighted by Gasteiger charge is 2.27. The second-order valence-electron chi connectivity index (χ2n) is 5.22. The Balaban J connectivity index is 0.00000264. The first-order valence-corrected chi connectivity index (χ1v) is 7.14. The molecule has 126 valence electrons. The van der Waals surface area contributed by atoms with Crippen LogP contribution in [0.4, 0.5) is 18.9 Å². The van der Waals surface area contributed by atoms with E-state index < -0.39 is 18.6 Å². The molecule has 0 radical (unpaired) electrons. The van der Waals surface area contributed by atoms with Crippen LogP contribution >= 0.6 is 12.4 Å². The molecule has 23 heavy (non-hydrogen) atoms. The van der Waals surface area contributed by atoms with E-state index in [1.165, 1.54) is 0 Å². The highest BCUT2D eigenvalue weighted by atomic mass is 35.5. The van der Waals surface area contributed by atoms with Gasteiger partial charge in [0.1, 0.15) is 0 Å². The number of anilines is 1. The Bertz CT molecular complexity index is 571. The van der Waals surface area contributed by atoms with Gasteiger partial charge in [0.05, 0.1) is 0 Å². The Hall–Kier alpha value is -1.72. The predicted molar refractivity (Wildman–Crippen MR) is 89.7 cm³/mol. The molecule has 2 aromatic rings. The Morgan fingerprint density at radius 2 is 1.57 bits per heavy atom. The lowest BCUT2D eigenvalue weighted by molar-refractivity contribution is -0.136. The van der Waals surface area contributed by atoms with E-state index in [1.54, 1.807) is 12.1 Å². The second-order valence-corrected chi connectivity index (χ2v) is 5.22. The van der Waals surface area contributed by atoms with Crippen molar-refractivity contribution in [3.05, 3.63) is 65.7 Å². The van der Waals surface area contributed by atoms with Gasteiger partial charge in [-0.2, -0.15) is 13.2 Å². The van der Waals surface area contributed by atoms with E-state index >= 15 is 0 Å². The molecule has 0 amide bonds. The standard InChI is InChI=1S/C17H19F3N2.ClH/c18-17(19,20)11-10-16(21)14-6-8-15(9-7-14)22-12-13-4-2-1-3-5-13;/h1-9,16,22H,10-12,21H2;1H/t16-;/m1./s1. The molecule has 6 heteroatoms. The first-order valence-electron chi connectivity index (χ1n) is 7.14. The number of rotatable bonds is 6. The van der Waals surface area contributed by atoms with Crippen LogP contribution in [0.1, 0.15) is 30.0 Å². The third-order valence-electron chi connectivity index (χ3n) is 3.42. The third-order valence-corrected chi connectivity index (χ3v) is 3.42. The molecule has 0 aliphatic carbocycles. The van der Waals surface area contributed by atoms with Crippen molar-refractivity contribution in [1.82, 2.24) is 0 Å². The Kier molecular flexibility index (Phi) is 7.39. The molecule has 2 aromatic carbocycles. The van der Waals surface area contributed by atoms with Crippen LogP contribution in [-0.4, -0.2) is 6.18 Å². The monoisotopic (exact) mass is 344 g/mol. The van der Waals surface area contributed by atoms with Gasteiger partial charge >= 0.3 is 6.18 Å². The lowest BCUT2D eigenvalue weighted by Crippen LogP contribution is -2.15. The van der Waals surface area contributed by atoms with Crippen LogP contribution in [0.25, 0.3) is 0 Å². The first-order chi connectivity index (χ1) is 10.4. The van der Waals surface area contributed by atoms with E-state index in [9.17, 15) is 13.2 Å². The fourth-order valence-corrected chi connectivity index (χ4v) is 2.13. The molecule has 0 fully saturated rings. The molecular weight excluding hydrogens is 325 g/mol. The van der Waals surface area contributed by atoms with E-state index in [1.807, 2.05) is 42.5 Å². The molecule has 0 aliphatic rings. The maximum absolute atomic E-state index is 12.2. The zero-order valence-electron chi connectivity index (χ0n) is 12.5. The highest BCUT2D eigenvalue weighted by molar-refractivity contribution is 5.85. The Labute approximate surface area is 140 Å². The van der Waals surface area contributed by atoms with Gasteiger partial charge in [-0.1, -0.05) is 42.5 Å². The van der Waals surface area contributed by atoms with E-state index in [0.717, 1.165) is 16.8 Å². The summed E-state index contributed by atoms with van der Waals surface area (Å²) in [6.45, 7) is 0.695. The van der Waals surface area contributed by atoms with Crippen LogP contribution in [0.2, 0.25) is 0 Å². The van der Waals surface area contributed by atoms with Crippen molar-refractivity contribution in [3.63, 3.8) is 0 Å². The summed E-state index contributed by atoms with van der Waals surface area (Å²) in [4.78, 5) is 0. The van der Waals surface area contributed by atoms with E-state index in [4.69, 9.17) is 5.73 Å². The van der Waals surface area contributed by atoms with Crippen molar-refractivity contribution in [3.8, 4) is 0 Å². The molecule has 3 N–H and O–H groups in total. The van der Waals surface area contributed by atoms with Crippen molar-refractivity contribution >= 4 is 18.1 Å². The van der Waals surface area contributed by atoms with Crippen molar-refractivity contribution < 1.29 is 13.2 Å². The highest BCUT2D eigenvalue weighted by Crippen LogP contribution is 2.26. The zero-order chi connectivity index (χ0) is 16.0. The number of nitrogens with one attached hydrogen (secondary N) is 1. The number of benzene rings is 2. The van der Waals surface area contributed by atoms with Crippen LogP contribution in [0.3, 0.4) is 0 Å². The maximum Gasteiger partial charge on any atom is 0.389 e. The van der Waals surface area contributed by atoms with Crippen molar-refractivity contribution in [2.45, 2.75) is 31.6 Å². The largest absolute Gasteiger partial charge is 0.389 e. The molecule has 1 atom stereocenters.